The molecule has 0 spiro atoms. The summed E-state index contributed by atoms with van der Waals surface area (Å²) in [6.07, 6.45) is 6.89. The second-order valence-corrected chi connectivity index (χ2v) is 9.00. The Morgan fingerprint density at radius 1 is 1.13 bits per heavy atom. The van der Waals surface area contributed by atoms with Gasteiger partial charge in [0, 0.05) is 40.5 Å². The van der Waals surface area contributed by atoms with Gasteiger partial charge < -0.3 is 9.64 Å². The van der Waals surface area contributed by atoms with E-state index < -0.39 is 0 Å². The van der Waals surface area contributed by atoms with E-state index in [2.05, 4.69) is 4.98 Å². The fraction of sp³-hybridized carbons (Fsp3) is 0.348. The Balaban J connectivity index is 1.58. The first-order valence-electron chi connectivity index (χ1n) is 10.3. The van der Waals surface area contributed by atoms with Crippen LogP contribution in [-0.4, -0.2) is 38.7 Å². The molecule has 0 radical (unpaired) electrons. The van der Waals surface area contributed by atoms with Crippen LogP contribution in [0.5, 0.6) is 5.75 Å². The molecule has 0 unspecified atom stereocenters. The van der Waals surface area contributed by atoms with E-state index in [1.807, 2.05) is 28.8 Å². The number of carbonyl (C=O) groups excluding carboxylic acids is 1. The number of hydrogen-bond acceptors (Lipinski definition) is 4. The van der Waals surface area contributed by atoms with Crippen LogP contribution in [0.15, 0.2) is 36.7 Å². The maximum absolute atomic E-state index is 13.5. The lowest BCUT2D eigenvalue weighted by Crippen LogP contribution is -2.49. The fourth-order valence-corrected chi connectivity index (χ4v) is 5.52. The second kappa shape index (κ2) is 7.84. The summed E-state index contributed by atoms with van der Waals surface area (Å²) in [6, 6.07) is 7.36. The highest BCUT2D eigenvalue weighted by atomic mass is 35.5. The monoisotopic (exact) mass is 456 g/mol. The summed E-state index contributed by atoms with van der Waals surface area (Å²) < 4.78 is 7.15. The van der Waals surface area contributed by atoms with Crippen molar-refractivity contribution in [2.45, 2.75) is 37.8 Å². The third-order valence-electron chi connectivity index (χ3n) is 6.24. The zero-order chi connectivity index (χ0) is 21.7. The molecule has 3 aromatic rings. The Morgan fingerprint density at radius 2 is 1.90 bits per heavy atom. The number of amides is 1. The van der Waals surface area contributed by atoms with E-state index in [-0.39, 0.29) is 18.0 Å². The van der Waals surface area contributed by atoms with E-state index >= 15 is 0 Å². The predicted octanol–water partition coefficient (Wildman–Crippen LogP) is 5.09. The van der Waals surface area contributed by atoms with Crippen molar-refractivity contribution >= 4 is 29.1 Å². The van der Waals surface area contributed by atoms with Gasteiger partial charge in [0.25, 0.3) is 5.91 Å². The number of fused-ring (bicyclic) bond motifs is 4. The van der Waals surface area contributed by atoms with E-state index in [4.69, 9.17) is 33.0 Å². The van der Waals surface area contributed by atoms with Gasteiger partial charge in [0.15, 0.2) is 0 Å². The topological polar surface area (TPSA) is 60.2 Å². The number of piperidine rings is 1. The molecule has 31 heavy (non-hydrogen) atoms. The van der Waals surface area contributed by atoms with Crippen molar-refractivity contribution in [2.24, 2.45) is 7.05 Å². The molecular formula is C23H22Cl2N4O2. The van der Waals surface area contributed by atoms with Crippen LogP contribution in [0.1, 0.15) is 46.9 Å². The molecule has 6 nitrogen and oxygen atoms in total. The van der Waals surface area contributed by atoms with Crippen molar-refractivity contribution in [2.75, 3.05) is 7.11 Å². The van der Waals surface area contributed by atoms with Gasteiger partial charge in [-0.05, 0) is 49.9 Å². The number of aryl methyl sites for hydroxylation is 1. The number of rotatable bonds is 3. The van der Waals surface area contributed by atoms with Gasteiger partial charge in [-0.15, -0.1) is 0 Å². The number of nitrogens with zero attached hydrogens (tertiary/aromatic N) is 4. The van der Waals surface area contributed by atoms with Crippen LogP contribution < -0.4 is 4.74 Å². The minimum Gasteiger partial charge on any atom is -0.495 e. The van der Waals surface area contributed by atoms with Crippen molar-refractivity contribution < 1.29 is 9.53 Å². The normalized spacial score (nSPS) is 19.8. The van der Waals surface area contributed by atoms with Crippen molar-refractivity contribution in [3.63, 3.8) is 0 Å². The van der Waals surface area contributed by atoms with Gasteiger partial charge in [0.05, 0.1) is 36.3 Å². The zero-order valence-corrected chi connectivity index (χ0v) is 18.8. The molecule has 5 rings (SSSR count). The highest BCUT2D eigenvalue weighted by molar-refractivity contribution is 6.35. The fourth-order valence-electron chi connectivity index (χ4n) is 5.00. The molecule has 0 saturated carbocycles. The van der Waals surface area contributed by atoms with Crippen LogP contribution in [0, 0.1) is 0 Å². The van der Waals surface area contributed by atoms with Crippen molar-refractivity contribution in [1.82, 2.24) is 19.7 Å². The van der Waals surface area contributed by atoms with Crippen molar-refractivity contribution in [3.05, 3.63) is 63.5 Å². The van der Waals surface area contributed by atoms with Gasteiger partial charge >= 0.3 is 0 Å². The summed E-state index contributed by atoms with van der Waals surface area (Å²) in [7, 11) is 3.51. The minimum absolute atomic E-state index is 0.0234. The Hall–Kier alpha value is -2.57. The molecule has 2 aliphatic heterocycles. The average molecular weight is 457 g/mol. The largest absolute Gasteiger partial charge is 0.495 e. The molecule has 2 bridgehead atoms. The van der Waals surface area contributed by atoms with Gasteiger partial charge in [-0.1, -0.05) is 23.2 Å². The summed E-state index contributed by atoms with van der Waals surface area (Å²) in [5.41, 5.74) is 4.66. The van der Waals surface area contributed by atoms with E-state index in [1.54, 1.807) is 31.6 Å². The molecule has 4 heterocycles. The lowest BCUT2D eigenvalue weighted by atomic mass is 9.81. The van der Waals surface area contributed by atoms with Crippen LogP contribution >= 0.6 is 23.2 Å². The average Bonchev–Trinajstić information content (AvgIpc) is 3.07. The Bertz CT molecular complexity index is 1160. The summed E-state index contributed by atoms with van der Waals surface area (Å²) in [5, 5.41) is 6.05. The summed E-state index contributed by atoms with van der Waals surface area (Å²) >= 11 is 12.5. The highest BCUT2D eigenvalue weighted by Gasteiger charge is 2.43. The maximum atomic E-state index is 13.5. The Kier molecular flexibility index (Phi) is 5.15. The van der Waals surface area contributed by atoms with Gasteiger partial charge in [-0.3, -0.25) is 14.5 Å². The van der Waals surface area contributed by atoms with E-state index in [0.717, 1.165) is 42.6 Å². The molecule has 1 fully saturated rings. The smallest absolute Gasteiger partial charge is 0.256 e. The molecular weight excluding hydrogens is 435 g/mol. The Morgan fingerprint density at radius 3 is 2.65 bits per heavy atom. The molecule has 1 aromatic carbocycles. The third kappa shape index (κ3) is 3.48. The Labute approximate surface area is 190 Å². The lowest BCUT2D eigenvalue weighted by molar-refractivity contribution is 0.0391. The molecule has 2 aliphatic rings. The molecule has 160 valence electrons. The standard InChI is InChI=1S/C23H22Cl2N4O2/c1-28-22(13-6-15(24)9-16(25)7-13)19-10-17-4-3-5-20(21(19)27-28)29(17)23(30)14-8-18(31-2)12-26-11-14/h6-9,11-12,17,20H,3-5,10H2,1-2H3/t17-,20+/m0/s1. The molecule has 2 atom stereocenters. The van der Waals surface area contributed by atoms with E-state index in [9.17, 15) is 4.79 Å². The first kappa shape index (κ1) is 20.3. The zero-order valence-electron chi connectivity index (χ0n) is 17.3. The van der Waals surface area contributed by atoms with Crippen LogP contribution in [0.3, 0.4) is 0 Å². The number of ether oxygens (including phenoxy) is 1. The van der Waals surface area contributed by atoms with Crippen molar-refractivity contribution in [1.29, 1.82) is 0 Å². The minimum atomic E-state index is -0.0594. The van der Waals surface area contributed by atoms with Crippen LogP contribution in [-0.2, 0) is 13.5 Å². The van der Waals surface area contributed by atoms with Gasteiger partial charge in [-0.25, -0.2) is 0 Å². The van der Waals surface area contributed by atoms with Crippen molar-refractivity contribution in [3.8, 4) is 17.0 Å². The third-order valence-corrected chi connectivity index (χ3v) is 6.68. The molecule has 1 saturated heterocycles. The first-order valence-corrected chi connectivity index (χ1v) is 11.1. The first-order chi connectivity index (χ1) is 15.0. The lowest BCUT2D eigenvalue weighted by Gasteiger charge is -2.45. The quantitative estimate of drug-likeness (QED) is 0.550. The van der Waals surface area contributed by atoms with Crippen LogP contribution in [0.4, 0.5) is 0 Å². The number of methoxy groups -OCH3 is 1. The number of pyridine rings is 1. The van der Waals surface area contributed by atoms with Gasteiger partial charge in [0.2, 0.25) is 0 Å². The molecule has 0 N–H and O–H groups in total. The molecule has 1 amide bonds. The van der Waals surface area contributed by atoms with Crippen LogP contribution in [0.2, 0.25) is 10.0 Å². The molecule has 0 aliphatic carbocycles. The van der Waals surface area contributed by atoms with Gasteiger partial charge in [0.1, 0.15) is 5.75 Å². The molecule has 8 heteroatoms. The number of aromatic nitrogens is 3. The summed E-state index contributed by atoms with van der Waals surface area (Å²) in [6.45, 7) is 0. The number of halogens is 2. The second-order valence-electron chi connectivity index (χ2n) is 8.12. The van der Waals surface area contributed by atoms with E-state index in [1.165, 1.54) is 5.56 Å². The number of benzene rings is 1. The molecule has 2 aromatic heterocycles. The number of hydrogen-bond donors (Lipinski definition) is 0. The maximum Gasteiger partial charge on any atom is 0.256 e. The SMILES string of the molecule is COc1cncc(C(=O)N2[C@H]3CCC[C@@H]2c2nn(C)c(-c4cc(Cl)cc(Cl)c4)c2C3)c1. The summed E-state index contributed by atoms with van der Waals surface area (Å²) in [4.78, 5) is 19.7. The van der Waals surface area contributed by atoms with Crippen LogP contribution in [0.25, 0.3) is 11.3 Å². The number of carbonyl (C=O) groups is 1. The summed E-state index contributed by atoms with van der Waals surface area (Å²) in [5.74, 6) is 0.552. The predicted molar refractivity (Wildman–Crippen MR) is 120 cm³/mol. The van der Waals surface area contributed by atoms with E-state index in [0.29, 0.717) is 21.4 Å². The highest BCUT2D eigenvalue weighted by Crippen LogP contribution is 2.45. The van der Waals surface area contributed by atoms with Gasteiger partial charge in [-0.2, -0.15) is 5.10 Å².